The summed E-state index contributed by atoms with van der Waals surface area (Å²) in [6.45, 7) is 2.52. The Balaban J connectivity index is 1.76. The lowest BCUT2D eigenvalue weighted by Gasteiger charge is -2.10. The summed E-state index contributed by atoms with van der Waals surface area (Å²) in [6.07, 6.45) is 1.69. The Kier molecular flexibility index (Phi) is 5.66. The number of nitrogens with one attached hydrogen (secondary N) is 1. The van der Waals surface area contributed by atoms with Gasteiger partial charge in [0.1, 0.15) is 0 Å². The number of aromatic nitrogens is 2. The van der Waals surface area contributed by atoms with Gasteiger partial charge in [-0.25, -0.2) is 4.98 Å². The minimum absolute atomic E-state index is 0.271. The fourth-order valence-electron chi connectivity index (χ4n) is 2.71. The van der Waals surface area contributed by atoms with Crippen LogP contribution >= 0.6 is 11.6 Å². The Hall–Kier alpha value is -2.99. The number of anilines is 1. The molecular formula is C20H20ClN3O3. The number of hydrogen-bond donors (Lipinski definition) is 1. The fourth-order valence-corrected chi connectivity index (χ4v) is 2.93. The lowest BCUT2D eigenvalue weighted by molar-refractivity contribution is 0.102. The zero-order valence-corrected chi connectivity index (χ0v) is 16.1. The Morgan fingerprint density at radius 1 is 1.15 bits per heavy atom. The van der Waals surface area contributed by atoms with E-state index in [-0.39, 0.29) is 5.91 Å². The predicted octanol–water partition coefficient (Wildman–Crippen LogP) is 4.16. The van der Waals surface area contributed by atoms with Gasteiger partial charge in [-0.1, -0.05) is 23.7 Å². The van der Waals surface area contributed by atoms with Crippen molar-refractivity contribution in [3.8, 4) is 11.5 Å². The summed E-state index contributed by atoms with van der Waals surface area (Å²) in [4.78, 5) is 16.9. The predicted molar refractivity (Wildman–Crippen MR) is 105 cm³/mol. The van der Waals surface area contributed by atoms with Crippen LogP contribution in [0.2, 0.25) is 5.02 Å². The molecule has 0 aliphatic heterocycles. The van der Waals surface area contributed by atoms with Gasteiger partial charge in [0.15, 0.2) is 17.3 Å². The van der Waals surface area contributed by atoms with Crippen molar-refractivity contribution in [2.24, 2.45) is 0 Å². The molecule has 0 saturated carbocycles. The van der Waals surface area contributed by atoms with Gasteiger partial charge in [0.25, 0.3) is 5.91 Å². The Morgan fingerprint density at radius 2 is 1.93 bits per heavy atom. The zero-order valence-electron chi connectivity index (χ0n) is 15.3. The molecule has 3 rings (SSSR count). The van der Waals surface area contributed by atoms with Gasteiger partial charge in [-0.2, -0.15) is 0 Å². The van der Waals surface area contributed by atoms with Crippen molar-refractivity contribution in [1.29, 1.82) is 0 Å². The summed E-state index contributed by atoms with van der Waals surface area (Å²) in [6, 6.07) is 12.6. The summed E-state index contributed by atoms with van der Waals surface area (Å²) in [5.74, 6) is 1.30. The summed E-state index contributed by atoms with van der Waals surface area (Å²) < 4.78 is 12.4. The van der Waals surface area contributed by atoms with E-state index in [4.69, 9.17) is 21.1 Å². The number of imidazole rings is 1. The SMILES string of the molecule is COc1ccc(C(=O)Nc2ncn(Cc3cccc(Cl)c3)c2C)cc1OC. The number of hydrogen-bond acceptors (Lipinski definition) is 4. The maximum absolute atomic E-state index is 12.6. The van der Waals surface area contributed by atoms with Gasteiger partial charge >= 0.3 is 0 Å². The first-order chi connectivity index (χ1) is 13.0. The number of rotatable bonds is 6. The number of ether oxygens (including phenoxy) is 2. The van der Waals surface area contributed by atoms with E-state index in [1.54, 1.807) is 31.6 Å². The Bertz CT molecular complexity index is 969. The number of nitrogens with zero attached hydrogens (tertiary/aromatic N) is 2. The summed E-state index contributed by atoms with van der Waals surface area (Å²) in [7, 11) is 3.08. The van der Waals surface area contributed by atoms with Gasteiger partial charge in [0.2, 0.25) is 0 Å². The van der Waals surface area contributed by atoms with Crippen molar-refractivity contribution in [2.45, 2.75) is 13.5 Å². The summed E-state index contributed by atoms with van der Waals surface area (Å²) in [5, 5.41) is 3.53. The van der Waals surface area contributed by atoms with Crippen molar-refractivity contribution in [3.05, 3.63) is 70.6 Å². The van der Waals surface area contributed by atoms with Crippen molar-refractivity contribution >= 4 is 23.3 Å². The van der Waals surface area contributed by atoms with Gasteiger partial charge in [0.05, 0.1) is 26.2 Å². The molecule has 1 aromatic heterocycles. The van der Waals surface area contributed by atoms with Gasteiger partial charge in [-0.3, -0.25) is 4.79 Å². The standard InChI is InChI=1S/C20H20ClN3O3/c1-13-19(22-12-24(13)11-14-5-4-6-16(21)9-14)23-20(25)15-7-8-17(26-2)18(10-15)27-3/h4-10,12H,11H2,1-3H3,(H,23,25). The van der Waals surface area contributed by atoms with Crippen LogP contribution in [0.25, 0.3) is 0 Å². The molecule has 27 heavy (non-hydrogen) atoms. The molecule has 0 saturated heterocycles. The molecule has 1 N–H and O–H groups in total. The van der Waals surface area contributed by atoms with E-state index in [2.05, 4.69) is 10.3 Å². The second-order valence-electron chi connectivity index (χ2n) is 5.96. The number of halogens is 1. The molecule has 0 fully saturated rings. The van der Waals surface area contributed by atoms with E-state index in [1.807, 2.05) is 35.8 Å². The van der Waals surface area contributed by atoms with Crippen LogP contribution in [0.1, 0.15) is 21.6 Å². The molecule has 0 aliphatic carbocycles. The third kappa shape index (κ3) is 4.23. The molecule has 0 bridgehead atoms. The first kappa shape index (κ1) is 18.8. The van der Waals surface area contributed by atoms with Crippen LogP contribution in [-0.2, 0) is 6.54 Å². The molecule has 0 radical (unpaired) electrons. The monoisotopic (exact) mass is 385 g/mol. The van der Waals surface area contributed by atoms with Crippen molar-refractivity contribution in [1.82, 2.24) is 9.55 Å². The van der Waals surface area contributed by atoms with Gasteiger partial charge in [-0.05, 0) is 42.8 Å². The topological polar surface area (TPSA) is 65.4 Å². The minimum atomic E-state index is -0.271. The van der Waals surface area contributed by atoms with Crippen LogP contribution in [0.15, 0.2) is 48.8 Å². The molecule has 140 valence electrons. The smallest absolute Gasteiger partial charge is 0.257 e. The maximum Gasteiger partial charge on any atom is 0.257 e. The first-order valence-electron chi connectivity index (χ1n) is 8.31. The third-order valence-corrected chi connectivity index (χ3v) is 4.45. The minimum Gasteiger partial charge on any atom is -0.493 e. The summed E-state index contributed by atoms with van der Waals surface area (Å²) in [5.41, 5.74) is 2.36. The van der Waals surface area contributed by atoms with E-state index >= 15 is 0 Å². The van der Waals surface area contributed by atoms with Crippen molar-refractivity contribution in [2.75, 3.05) is 19.5 Å². The molecule has 2 aromatic carbocycles. The normalized spacial score (nSPS) is 10.5. The Morgan fingerprint density at radius 3 is 2.63 bits per heavy atom. The average molecular weight is 386 g/mol. The van der Waals surface area contributed by atoms with Crippen LogP contribution in [-0.4, -0.2) is 29.7 Å². The molecule has 0 unspecified atom stereocenters. The average Bonchev–Trinajstić information content (AvgIpc) is 3.00. The highest BCUT2D eigenvalue weighted by atomic mass is 35.5. The van der Waals surface area contributed by atoms with E-state index in [1.165, 1.54) is 7.11 Å². The van der Waals surface area contributed by atoms with Crippen LogP contribution in [0.5, 0.6) is 11.5 Å². The maximum atomic E-state index is 12.6. The second kappa shape index (κ2) is 8.14. The van der Waals surface area contributed by atoms with Crippen LogP contribution < -0.4 is 14.8 Å². The number of methoxy groups -OCH3 is 2. The van der Waals surface area contributed by atoms with Crippen molar-refractivity contribution in [3.63, 3.8) is 0 Å². The fraction of sp³-hybridized carbons (Fsp3) is 0.200. The molecule has 3 aromatic rings. The lowest BCUT2D eigenvalue weighted by Crippen LogP contribution is -2.13. The molecule has 0 spiro atoms. The third-order valence-electron chi connectivity index (χ3n) is 4.22. The number of carbonyl (C=O) groups excluding carboxylic acids is 1. The van der Waals surface area contributed by atoms with E-state index in [9.17, 15) is 4.79 Å². The molecule has 1 amide bonds. The molecular weight excluding hydrogens is 366 g/mol. The number of amides is 1. The highest BCUT2D eigenvalue weighted by Gasteiger charge is 2.14. The van der Waals surface area contributed by atoms with Crippen LogP contribution in [0.3, 0.4) is 0 Å². The van der Waals surface area contributed by atoms with Gasteiger partial charge in [-0.15, -0.1) is 0 Å². The summed E-state index contributed by atoms with van der Waals surface area (Å²) >= 11 is 6.04. The molecule has 0 atom stereocenters. The quantitative estimate of drug-likeness (QED) is 0.691. The zero-order chi connectivity index (χ0) is 19.4. The highest BCUT2D eigenvalue weighted by molar-refractivity contribution is 6.30. The van der Waals surface area contributed by atoms with Gasteiger partial charge < -0.3 is 19.4 Å². The lowest BCUT2D eigenvalue weighted by atomic mass is 10.2. The van der Waals surface area contributed by atoms with Crippen LogP contribution in [0, 0.1) is 6.92 Å². The second-order valence-corrected chi connectivity index (χ2v) is 6.40. The highest BCUT2D eigenvalue weighted by Crippen LogP contribution is 2.28. The first-order valence-corrected chi connectivity index (χ1v) is 8.69. The molecule has 7 heteroatoms. The number of carbonyl (C=O) groups is 1. The van der Waals surface area contributed by atoms with E-state index < -0.39 is 0 Å². The largest absolute Gasteiger partial charge is 0.493 e. The van der Waals surface area contributed by atoms with Crippen LogP contribution in [0.4, 0.5) is 5.82 Å². The molecule has 6 nitrogen and oxygen atoms in total. The Labute approximate surface area is 162 Å². The van der Waals surface area contributed by atoms with Crippen molar-refractivity contribution < 1.29 is 14.3 Å². The number of benzene rings is 2. The molecule has 0 aliphatic rings. The van der Waals surface area contributed by atoms with E-state index in [0.29, 0.717) is 34.4 Å². The molecule has 1 heterocycles. The van der Waals surface area contributed by atoms with Gasteiger partial charge in [0, 0.05) is 17.1 Å². The van der Waals surface area contributed by atoms with E-state index in [0.717, 1.165) is 11.3 Å².